The van der Waals surface area contributed by atoms with Crippen LogP contribution in [0.3, 0.4) is 0 Å². The maximum Gasteiger partial charge on any atom is 0.161 e. The second-order valence-corrected chi connectivity index (χ2v) is 5.46. The summed E-state index contributed by atoms with van der Waals surface area (Å²) < 4.78 is 16.4. The molecule has 1 saturated heterocycles. The predicted octanol–water partition coefficient (Wildman–Crippen LogP) is 1.81. The zero-order valence-electron chi connectivity index (χ0n) is 13.3. The summed E-state index contributed by atoms with van der Waals surface area (Å²) in [5.41, 5.74) is 7.16. The Labute approximate surface area is 127 Å². The molecule has 0 aliphatic carbocycles. The average molecular weight is 294 g/mol. The molecule has 0 radical (unpaired) electrons. The van der Waals surface area contributed by atoms with Gasteiger partial charge in [0.25, 0.3) is 0 Å². The van der Waals surface area contributed by atoms with Gasteiger partial charge < -0.3 is 19.9 Å². The molecule has 2 rings (SSSR count). The van der Waals surface area contributed by atoms with Gasteiger partial charge in [-0.2, -0.15) is 0 Å². The Morgan fingerprint density at radius 2 is 2.05 bits per heavy atom. The molecule has 1 aromatic carbocycles. The number of rotatable bonds is 6. The standard InChI is InChI=1S/C16H26N2O3/c1-11-13(7-8-21-11)18(2)14(10-17)12-5-6-15(19-3)16(9-12)20-4/h5-6,9,11,13-14H,7-8,10,17H2,1-4H3. The zero-order valence-corrected chi connectivity index (χ0v) is 13.3. The molecule has 0 bridgehead atoms. The number of nitrogens with two attached hydrogens (primary N) is 1. The Balaban J connectivity index is 2.24. The van der Waals surface area contributed by atoms with E-state index < -0.39 is 0 Å². The second kappa shape index (κ2) is 7.11. The lowest BCUT2D eigenvalue weighted by Crippen LogP contribution is -2.42. The van der Waals surface area contributed by atoms with Crippen LogP contribution in [0.2, 0.25) is 0 Å². The number of likely N-dealkylation sites (N-methyl/N-ethyl adjacent to an activating group) is 1. The van der Waals surface area contributed by atoms with E-state index in [1.165, 1.54) is 0 Å². The summed E-state index contributed by atoms with van der Waals surface area (Å²) in [5.74, 6) is 1.47. The normalized spacial score (nSPS) is 23.3. The summed E-state index contributed by atoms with van der Waals surface area (Å²) in [6, 6.07) is 6.52. The molecule has 3 unspecified atom stereocenters. The lowest BCUT2D eigenvalue weighted by molar-refractivity contribution is 0.0685. The van der Waals surface area contributed by atoms with E-state index in [4.69, 9.17) is 19.9 Å². The Morgan fingerprint density at radius 3 is 2.57 bits per heavy atom. The van der Waals surface area contributed by atoms with Gasteiger partial charge >= 0.3 is 0 Å². The molecule has 1 aliphatic rings. The fourth-order valence-electron chi connectivity index (χ4n) is 3.08. The molecule has 0 saturated carbocycles. The smallest absolute Gasteiger partial charge is 0.161 e. The van der Waals surface area contributed by atoms with Gasteiger partial charge in [0.15, 0.2) is 11.5 Å². The first-order valence-electron chi connectivity index (χ1n) is 7.37. The maximum absolute atomic E-state index is 6.03. The van der Waals surface area contributed by atoms with Crippen molar-refractivity contribution >= 4 is 0 Å². The lowest BCUT2D eigenvalue weighted by Gasteiger charge is -2.34. The zero-order chi connectivity index (χ0) is 15.4. The van der Waals surface area contributed by atoms with Gasteiger partial charge in [-0.05, 0) is 38.1 Å². The van der Waals surface area contributed by atoms with Crippen molar-refractivity contribution in [3.05, 3.63) is 23.8 Å². The number of hydrogen-bond donors (Lipinski definition) is 1. The Morgan fingerprint density at radius 1 is 1.33 bits per heavy atom. The molecule has 0 spiro atoms. The van der Waals surface area contributed by atoms with Gasteiger partial charge in [0.2, 0.25) is 0 Å². The van der Waals surface area contributed by atoms with Gasteiger partial charge in [0, 0.05) is 25.2 Å². The van der Waals surface area contributed by atoms with Crippen LogP contribution in [0.5, 0.6) is 11.5 Å². The second-order valence-electron chi connectivity index (χ2n) is 5.46. The molecule has 5 heteroatoms. The largest absolute Gasteiger partial charge is 0.493 e. The van der Waals surface area contributed by atoms with Gasteiger partial charge in [-0.1, -0.05) is 6.07 Å². The summed E-state index contributed by atoms with van der Waals surface area (Å²) in [6.45, 7) is 3.49. The van der Waals surface area contributed by atoms with Crippen LogP contribution >= 0.6 is 0 Å². The van der Waals surface area contributed by atoms with Crippen LogP contribution in [0.4, 0.5) is 0 Å². The summed E-state index contributed by atoms with van der Waals surface area (Å²) >= 11 is 0. The summed E-state index contributed by atoms with van der Waals surface area (Å²) in [4.78, 5) is 2.32. The average Bonchev–Trinajstić information content (AvgIpc) is 2.93. The minimum absolute atomic E-state index is 0.138. The van der Waals surface area contributed by atoms with Crippen molar-refractivity contribution in [2.45, 2.75) is 31.5 Å². The highest BCUT2D eigenvalue weighted by Crippen LogP contribution is 2.33. The van der Waals surface area contributed by atoms with Crippen LogP contribution in [0.25, 0.3) is 0 Å². The molecule has 5 nitrogen and oxygen atoms in total. The number of benzene rings is 1. The summed E-state index contributed by atoms with van der Waals surface area (Å²) in [7, 11) is 5.40. The van der Waals surface area contributed by atoms with Crippen molar-refractivity contribution in [3.63, 3.8) is 0 Å². The van der Waals surface area contributed by atoms with Crippen LogP contribution in [0.1, 0.15) is 24.9 Å². The van der Waals surface area contributed by atoms with Crippen LogP contribution in [0, 0.1) is 0 Å². The van der Waals surface area contributed by atoms with E-state index in [1.807, 2.05) is 12.1 Å². The number of ether oxygens (including phenoxy) is 3. The Hall–Kier alpha value is -1.30. The van der Waals surface area contributed by atoms with E-state index in [-0.39, 0.29) is 12.1 Å². The molecular weight excluding hydrogens is 268 g/mol. The van der Waals surface area contributed by atoms with Crippen LogP contribution in [-0.4, -0.2) is 51.5 Å². The Bertz CT molecular complexity index is 467. The van der Waals surface area contributed by atoms with E-state index in [2.05, 4.69) is 24.9 Å². The third kappa shape index (κ3) is 3.31. The van der Waals surface area contributed by atoms with Crippen LogP contribution < -0.4 is 15.2 Å². The predicted molar refractivity (Wildman–Crippen MR) is 82.9 cm³/mol. The molecule has 1 fully saturated rings. The minimum Gasteiger partial charge on any atom is -0.493 e. The molecule has 2 N–H and O–H groups in total. The number of hydrogen-bond acceptors (Lipinski definition) is 5. The topological polar surface area (TPSA) is 57.0 Å². The third-order valence-electron chi connectivity index (χ3n) is 4.37. The fraction of sp³-hybridized carbons (Fsp3) is 0.625. The molecule has 0 amide bonds. The van der Waals surface area contributed by atoms with E-state index in [0.29, 0.717) is 12.6 Å². The Kier molecular flexibility index (Phi) is 5.45. The van der Waals surface area contributed by atoms with Crippen molar-refractivity contribution in [2.75, 3.05) is 34.4 Å². The third-order valence-corrected chi connectivity index (χ3v) is 4.37. The quantitative estimate of drug-likeness (QED) is 0.867. The monoisotopic (exact) mass is 294 g/mol. The van der Waals surface area contributed by atoms with Gasteiger partial charge in [-0.25, -0.2) is 0 Å². The lowest BCUT2D eigenvalue weighted by atomic mass is 10.0. The first-order chi connectivity index (χ1) is 10.1. The number of methoxy groups -OCH3 is 2. The van der Waals surface area contributed by atoms with Gasteiger partial charge in [-0.15, -0.1) is 0 Å². The van der Waals surface area contributed by atoms with E-state index in [9.17, 15) is 0 Å². The molecule has 1 aliphatic heterocycles. The summed E-state index contributed by atoms with van der Waals surface area (Å²) in [5, 5.41) is 0. The molecule has 0 aromatic heterocycles. The number of nitrogens with zero attached hydrogens (tertiary/aromatic N) is 1. The molecule has 1 aromatic rings. The highest BCUT2D eigenvalue weighted by molar-refractivity contribution is 5.44. The van der Waals surface area contributed by atoms with Crippen molar-refractivity contribution < 1.29 is 14.2 Å². The molecular formula is C16H26N2O3. The van der Waals surface area contributed by atoms with Gasteiger partial charge in [0.1, 0.15) is 0 Å². The first-order valence-corrected chi connectivity index (χ1v) is 7.37. The molecule has 118 valence electrons. The van der Waals surface area contributed by atoms with Crippen molar-refractivity contribution in [2.24, 2.45) is 5.73 Å². The highest BCUT2D eigenvalue weighted by Gasteiger charge is 2.32. The van der Waals surface area contributed by atoms with Crippen LogP contribution in [-0.2, 0) is 4.74 Å². The SMILES string of the molecule is COc1ccc(C(CN)N(C)C2CCOC2C)cc1OC. The molecule has 21 heavy (non-hydrogen) atoms. The molecule has 1 heterocycles. The van der Waals surface area contributed by atoms with Crippen molar-refractivity contribution in [1.82, 2.24) is 4.90 Å². The fourth-order valence-corrected chi connectivity index (χ4v) is 3.08. The van der Waals surface area contributed by atoms with Crippen molar-refractivity contribution in [1.29, 1.82) is 0 Å². The molecule has 3 atom stereocenters. The minimum atomic E-state index is 0.138. The van der Waals surface area contributed by atoms with Crippen molar-refractivity contribution in [3.8, 4) is 11.5 Å². The first kappa shape index (κ1) is 16.1. The van der Waals surface area contributed by atoms with E-state index >= 15 is 0 Å². The summed E-state index contributed by atoms with van der Waals surface area (Å²) in [6.07, 6.45) is 1.28. The van der Waals surface area contributed by atoms with Gasteiger partial charge in [0.05, 0.1) is 20.3 Å². The highest BCUT2D eigenvalue weighted by atomic mass is 16.5. The maximum atomic E-state index is 6.03. The van der Waals surface area contributed by atoms with E-state index in [0.717, 1.165) is 30.1 Å². The van der Waals surface area contributed by atoms with Crippen LogP contribution in [0.15, 0.2) is 18.2 Å². The van der Waals surface area contributed by atoms with E-state index in [1.54, 1.807) is 14.2 Å². The van der Waals surface area contributed by atoms with Gasteiger partial charge in [-0.3, -0.25) is 4.90 Å².